The van der Waals surface area contributed by atoms with Crippen molar-refractivity contribution in [3.8, 4) is 0 Å². The normalized spacial score (nSPS) is 10.0. The summed E-state index contributed by atoms with van der Waals surface area (Å²) in [6.07, 6.45) is 1.59. The Kier molecular flexibility index (Phi) is 2.38. The molecule has 0 atom stereocenters. The highest BCUT2D eigenvalue weighted by atomic mass is 16.5. The zero-order valence-corrected chi connectivity index (χ0v) is 6.66. The zero-order valence-electron chi connectivity index (χ0n) is 6.66. The Bertz CT molecular complexity index is 249. The number of nitrogens with two attached hydrogens (primary N) is 1. The molecule has 0 spiro atoms. The average molecular weight is 153 g/mol. The molecule has 1 heterocycles. The number of ether oxygens (including phenoxy) is 1. The summed E-state index contributed by atoms with van der Waals surface area (Å²) in [5.74, 6) is 0.666. The highest BCUT2D eigenvalue weighted by Crippen LogP contribution is 2.04. The lowest BCUT2D eigenvalue weighted by Gasteiger charge is -2.00. The molecular formula is C7H11N3O. The molecule has 0 aliphatic heterocycles. The first kappa shape index (κ1) is 7.94. The standard InChI is InChI=1S/C7H11N3O/c1-5-6(8)3-9-7(10-5)4-11-2/h3H,4,8H2,1-2H3. The molecule has 0 bridgehead atoms. The molecule has 0 unspecified atom stereocenters. The van der Waals surface area contributed by atoms with Crippen molar-refractivity contribution >= 4 is 5.69 Å². The van der Waals surface area contributed by atoms with Gasteiger partial charge < -0.3 is 10.5 Å². The van der Waals surface area contributed by atoms with Crippen molar-refractivity contribution < 1.29 is 4.74 Å². The molecule has 0 amide bonds. The number of hydrogen-bond donors (Lipinski definition) is 1. The predicted molar refractivity (Wildman–Crippen MR) is 41.9 cm³/mol. The average Bonchev–Trinajstić information content (AvgIpc) is 1.98. The van der Waals surface area contributed by atoms with Gasteiger partial charge in [-0.15, -0.1) is 0 Å². The summed E-state index contributed by atoms with van der Waals surface area (Å²) in [4.78, 5) is 8.07. The topological polar surface area (TPSA) is 61.0 Å². The van der Waals surface area contributed by atoms with Gasteiger partial charge in [-0.05, 0) is 6.92 Å². The first-order valence-electron chi connectivity index (χ1n) is 3.31. The van der Waals surface area contributed by atoms with Crippen LogP contribution in [0.15, 0.2) is 6.20 Å². The fourth-order valence-corrected chi connectivity index (χ4v) is 0.723. The lowest BCUT2D eigenvalue weighted by atomic mass is 10.4. The minimum atomic E-state index is 0.432. The van der Waals surface area contributed by atoms with E-state index in [-0.39, 0.29) is 0 Å². The first-order valence-corrected chi connectivity index (χ1v) is 3.31. The Labute approximate surface area is 65.4 Å². The second-order valence-electron chi connectivity index (χ2n) is 2.26. The van der Waals surface area contributed by atoms with E-state index in [4.69, 9.17) is 10.5 Å². The van der Waals surface area contributed by atoms with Gasteiger partial charge in [0, 0.05) is 7.11 Å². The second-order valence-corrected chi connectivity index (χ2v) is 2.26. The van der Waals surface area contributed by atoms with Crippen LogP contribution >= 0.6 is 0 Å². The van der Waals surface area contributed by atoms with E-state index >= 15 is 0 Å². The smallest absolute Gasteiger partial charge is 0.154 e. The Morgan fingerprint density at radius 3 is 2.91 bits per heavy atom. The van der Waals surface area contributed by atoms with Crippen LogP contribution in [0.25, 0.3) is 0 Å². The molecule has 60 valence electrons. The zero-order chi connectivity index (χ0) is 8.27. The molecule has 1 rings (SSSR count). The van der Waals surface area contributed by atoms with Crippen molar-refractivity contribution in [1.82, 2.24) is 9.97 Å². The van der Waals surface area contributed by atoms with Crippen molar-refractivity contribution in [3.05, 3.63) is 17.7 Å². The number of hydrogen-bond acceptors (Lipinski definition) is 4. The van der Waals surface area contributed by atoms with Gasteiger partial charge in [0.25, 0.3) is 0 Å². The molecule has 1 aromatic heterocycles. The van der Waals surface area contributed by atoms with E-state index in [1.54, 1.807) is 13.3 Å². The number of aromatic nitrogens is 2. The monoisotopic (exact) mass is 153 g/mol. The molecule has 4 nitrogen and oxygen atoms in total. The van der Waals surface area contributed by atoms with Gasteiger partial charge in [-0.2, -0.15) is 0 Å². The summed E-state index contributed by atoms with van der Waals surface area (Å²) in [7, 11) is 1.61. The molecule has 0 radical (unpaired) electrons. The van der Waals surface area contributed by atoms with E-state index in [0.717, 1.165) is 5.69 Å². The highest BCUT2D eigenvalue weighted by molar-refractivity contribution is 5.38. The van der Waals surface area contributed by atoms with Crippen molar-refractivity contribution in [2.75, 3.05) is 12.8 Å². The highest BCUT2D eigenvalue weighted by Gasteiger charge is 1.98. The number of methoxy groups -OCH3 is 1. The van der Waals surface area contributed by atoms with Crippen LogP contribution in [0.3, 0.4) is 0 Å². The number of rotatable bonds is 2. The molecule has 11 heavy (non-hydrogen) atoms. The Morgan fingerprint density at radius 2 is 2.36 bits per heavy atom. The number of nitrogen functional groups attached to an aromatic ring is 1. The van der Waals surface area contributed by atoms with Crippen LogP contribution in [0.2, 0.25) is 0 Å². The summed E-state index contributed by atoms with van der Waals surface area (Å²) in [5, 5.41) is 0. The third kappa shape index (κ3) is 1.88. The number of nitrogens with zero attached hydrogens (tertiary/aromatic N) is 2. The maximum absolute atomic E-state index is 5.52. The van der Waals surface area contributed by atoms with Crippen LogP contribution in [-0.2, 0) is 11.3 Å². The lowest BCUT2D eigenvalue weighted by Crippen LogP contribution is -2.01. The van der Waals surface area contributed by atoms with E-state index in [0.29, 0.717) is 18.1 Å². The van der Waals surface area contributed by atoms with Crippen molar-refractivity contribution in [3.63, 3.8) is 0 Å². The molecule has 0 saturated carbocycles. The largest absolute Gasteiger partial charge is 0.396 e. The van der Waals surface area contributed by atoms with Crippen molar-refractivity contribution in [2.24, 2.45) is 0 Å². The van der Waals surface area contributed by atoms with E-state index < -0.39 is 0 Å². The maximum Gasteiger partial charge on any atom is 0.154 e. The van der Waals surface area contributed by atoms with Gasteiger partial charge >= 0.3 is 0 Å². The van der Waals surface area contributed by atoms with E-state index in [2.05, 4.69) is 9.97 Å². The van der Waals surface area contributed by atoms with Gasteiger partial charge in [-0.25, -0.2) is 9.97 Å². The predicted octanol–water partition coefficient (Wildman–Crippen LogP) is 0.514. The summed E-state index contributed by atoms with van der Waals surface area (Å²) in [5.41, 5.74) is 6.93. The van der Waals surface area contributed by atoms with Crippen molar-refractivity contribution in [1.29, 1.82) is 0 Å². The third-order valence-corrected chi connectivity index (χ3v) is 1.34. The second kappa shape index (κ2) is 3.30. The SMILES string of the molecule is COCc1ncc(N)c(C)n1. The molecule has 0 aromatic carbocycles. The number of anilines is 1. The van der Waals surface area contributed by atoms with Crippen LogP contribution in [0, 0.1) is 6.92 Å². The minimum absolute atomic E-state index is 0.432. The Balaban J connectivity index is 2.86. The lowest BCUT2D eigenvalue weighted by molar-refractivity contribution is 0.177. The third-order valence-electron chi connectivity index (χ3n) is 1.34. The quantitative estimate of drug-likeness (QED) is 0.672. The van der Waals surface area contributed by atoms with Gasteiger partial charge in [0.15, 0.2) is 5.82 Å². The Morgan fingerprint density at radius 1 is 1.64 bits per heavy atom. The fourth-order valence-electron chi connectivity index (χ4n) is 0.723. The van der Waals surface area contributed by atoms with Gasteiger partial charge in [0.2, 0.25) is 0 Å². The fraction of sp³-hybridized carbons (Fsp3) is 0.429. The summed E-state index contributed by atoms with van der Waals surface area (Å²) in [6.45, 7) is 2.28. The Hall–Kier alpha value is -1.16. The number of aryl methyl sites for hydroxylation is 1. The van der Waals surface area contributed by atoms with Gasteiger partial charge in [-0.1, -0.05) is 0 Å². The molecule has 4 heteroatoms. The molecular weight excluding hydrogens is 142 g/mol. The van der Waals surface area contributed by atoms with Crippen LogP contribution in [0.5, 0.6) is 0 Å². The van der Waals surface area contributed by atoms with Crippen LogP contribution in [0.1, 0.15) is 11.5 Å². The molecule has 2 N–H and O–H groups in total. The molecule has 0 fully saturated rings. The van der Waals surface area contributed by atoms with Crippen LogP contribution in [0.4, 0.5) is 5.69 Å². The molecule has 0 aliphatic rings. The van der Waals surface area contributed by atoms with Gasteiger partial charge in [0.1, 0.15) is 6.61 Å². The summed E-state index contributed by atoms with van der Waals surface area (Å²) in [6, 6.07) is 0. The van der Waals surface area contributed by atoms with Gasteiger partial charge in [0.05, 0.1) is 17.6 Å². The molecule has 0 aliphatic carbocycles. The van der Waals surface area contributed by atoms with Crippen LogP contribution in [-0.4, -0.2) is 17.1 Å². The van der Waals surface area contributed by atoms with E-state index in [9.17, 15) is 0 Å². The molecule has 0 saturated heterocycles. The van der Waals surface area contributed by atoms with E-state index in [1.165, 1.54) is 0 Å². The summed E-state index contributed by atoms with van der Waals surface area (Å²) >= 11 is 0. The van der Waals surface area contributed by atoms with E-state index in [1.807, 2.05) is 6.92 Å². The van der Waals surface area contributed by atoms with Gasteiger partial charge in [-0.3, -0.25) is 0 Å². The maximum atomic E-state index is 5.52. The minimum Gasteiger partial charge on any atom is -0.396 e. The van der Waals surface area contributed by atoms with Crippen LogP contribution < -0.4 is 5.73 Å². The molecule has 1 aromatic rings. The first-order chi connectivity index (χ1) is 5.24. The van der Waals surface area contributed by atoms with Crippen molar-refractivity contribution in [2.45, 2.75) is 13.5 Å². The summed E-state index contributed by atoms with van der Waals surface area (Å²) < 4.78 is 4.86.